The fourth-order valence-electron chi connectivity index (χ4n) is 3.11. The Morgan fingerprint density at radius 2 is 1.52 bits per heavy atom. The summed E-state index contributed by atoms with van der Waals surface area (Å²) >= 11 is 0. The number of carbonyl (C=O) groups is 2. The van der Waals surface area contributed by atoms with Gasteiger partial charge in [0, 0.05) is 41.0 Å². The number of ketones is 1. The van der Waals surface area contributed by atoms with Crippen LogP contribution >= 0.6 is 0 Å². The van der Waals surface area contributed by atoms with Crippen molar-refractivity contribution >= 4 is 17.4 Å². The van der Waals surface area contributed by atoms with Crippen molar-refractivity contribution < 1.29 is 9.59 Å². The fourth-order valence-corrected chi connectivity index (χ4v) is 3.11. The van der Waals surface area contributed by atoms with E-state index < -0.39 is 0 Å². The molecule has 31 heavy (non-hydrogen) atoms. The Labute approximate surface area is 180 Å². The average Bonchev–Trinajstić information content (AvgIpc) is 2.80. The molecule has 0 aliphatic heterocycles. The number of hydrogen-bond acceptors (Lipinski definition) is 5. The standard InChI is InChI=1S/C25H20N4O2/c1-16-3-5-20(6-4-16)24-27-15-22(23(29-24)19-11-13-26-14-12-19)25(31)28-21-9-7-18(8-10-21)17(2)30/h3-15H,1-2H3,(H,28,31). The fraction of sp³-hybridized carbons (Fsp3) is 0.0800. The molecule has 1 N–H and O–H groups in total. The Kier molecular flexibility index (Phi) is 5.62. The molecule has 0 aliphatic rings. The Hall–Kier alpha value is -4.19. The van der Waals surface area contributed by atoms with Crippen molar-refractivity contribution in [2.24, 2.45) is 0 Å². The lowest BCUT2D eigenvalue weighted by Crippen LogP contribution is -2.15. The largest absolute Gasteiger partial charge is 0.322 e. The van der Waals surface area contributed by atoms with Crippen LogP contribution in [0.3, 0.4) is 0 Å². The van der Waals surface area contributed by atoms with Gasteiger partial charge in [0.2, 0.25) is 0 Å². The van der Waals surface area contributed by atoms with Crippen LogP contribution in [0.25, 0.3) is 22.6 Å². The first-order valence-electron chi connectivity index (χ1n) is 9.78. The minimum Gasteiger partial charge on any atom is -0.322 e. The van der Waals surface area contributed by atoms with E-state index in [9.17, 15) is 9.59 Å². The maximum atomic E-state index is 13.0. The van der Waals surface area contributed by atoms with Crippen molar-refractivity contribution in [3.8, 4) is 22.6 Å². The average molecular weight is 408 g/mol. The normalized spacial score (nSPS) is 10.5. The molecule has 0 radical (unpaired) electrons. The second-order valence-corrected chi connectivity index (χ2v) is 7.15. The first-order valence-corrected chi connectivity index (χ1v) is 9.78. The SMILES string of the molecule is CC(=O)c1ccc(NC(=O)c2cnc(-c3ccc(C)cc3)nc2-c2ccncc2)cc1. The van der Waals surface area contributed by atoms with Gasteiger partial charge in [-0.15, -0.1) is 0 Å². The molecule has 2 aromatic heterocycles. The van der Waals surface area contributed by atoms with Gasteiger partial charge in [0.25, 0.3) is 5.91 Å². The van der Waals surface area contributed by atoms with E-state index in [0.717, 1.165) is 16.7 Å². The van der Waals surface area contributed by atoms with Crippen LogP contribution in [0.4, 0.5) is 5.69 Å². The zero-order chi connectivity index (χ0) is 21.8. The van der Waals surface area contributed by atoms with Crippen LogP contribution in [0.5, 0.6) is 0 Å². The number of benzene rings is 2. The second kappa shape index (κ2) is 8.67. The predicted molar refractivity (Wildman–Crippen MR) is 120 cm³/mol. The van der Waals surface area contributed by atoms with Gasteiger partial charge in [-0.05, 0) is 50.2 Å². The molecular weight excluding hydrogens is 388 g/mol. The zero-order valence-electron chi connectivity index (χ0n) is 17.2. The number of aromatic nitrogens is 3. The minimum absolute atomic E-state index is 0.0297. The number of rotatable bonds is 5. The molecule has 0 atom stereocenters. The summed E-state index contributed by atoms with van der Waals surface area (Å²) in [5.41, 5.74) is 4.81. The number of pyridine rings is 1. The van der Waals surface area contributed by atoms with Gasteiger partial charge in [0.05, 0.1) is 11.3 Å². The molecule has 4 rings (SSSR count). The van der Waals surface area contributed by atoms with E-state index in [1.807, 2.05) is 31.2 Å². The summed E-state index contributed by atoms with van der Waals surface area (Å²) in [6.07, 6.45) is 4.85. The van der Waals surface area contributed by atoms with E-state index in [1.165, 1.54) is 13.1 Å². The van der Waals surface area contributed by atoms with Crippen LogP contribution in [0.1, 0.15) is 33.2 Å². The zero-order valence-corrected chi connectivity index (χ0v) is 17.2. The Morgan fingerprint density at radius 3 is 2.16 bits per heavy atom. The van der Waals surface area contributed by atoms with Crippen LogP contribution < -0.4 is 5.32 Å². The molecular formula is C25H20N4O2. The van der Waals surface area contributed by atoms with Gasteiger partial charge < -0.3 is 5.32 Å². The lowest BCUT2D eigenvalue weighted by molar-refractivity contribution is 0.101. The lowest BCUT2D eigenvalue weighted by atomic mass is 10.1. The number of hydrogen-bond donors (Lipinski definition) is 1. The third-order valence-electron chi connectivity index (χ3n) is 4.85. The van der Waals surface area contributed by atoms with Gasteiger partial charge >= 0.3 is 0 Å². The lowest BCUT2D eigenvalue weighted by Gasteiger charge is -2.11. The van der Waals surface area contributed by atoms with Gasteiger partial charge in [-0.1, -0.05) is 29.8 Å². The number of Topliss-reactive ketones (excluding diaryl/α,β-unsaturated/α-hetero) is 1. The minimum atomic E-state index is -0.335. The summed E-state index contributed by atoms with van der Waals surface area (Å²) in [6.45, 7) is 3.52. The van der Waals surface area contributed by atoms with Crippen molar-refractivity contribution in [3.05, 3.63) is 95.9 Å². The maximum absolute atomic E-state index is 13.0. The number of amides is 1. The number of carbonyl (C=O) groups excluding carboxylic acids is 2. The van der Waals surface area contributed by atoms with Crippen molar-refractivity contribution in [3.63, 3.8) is 0 Å². The number of nitrogens with zero attached hydrogens (tertiary/aromatic N) is 3. The molecule has 0 unspecified atom stereocenters. The molecule has 0 saturated heterocycles. The third-order valence-corrected chi connectivity index (χ3v) is 4.85. The molecule has 0 fully saturated rings. The Bertz CT molecular complexity index is 1240. The molecule has 6 heteroatoms. The highest BCUT2D eigenvalue weighted by molar-refractivity contribution is 6.08. The van der Waals surface area contributed by atoms with Crippen molar-refractivity contribution in [1.82, 2.24) is 15.0 Å². The maximum Gasteiger partial charge on any atom is 0.259 e. The van der Waals surface area contributed by atoms with Crippen LogP contribution in [0.2, 0.25) is 0 Å². The van der Waals surface area contributed by atoms with Crippen LogP contribution in [0, 0.1) is 6.92 Å². The second-order valence-electron chi connectivity index (χ2n) is 7.15. The Morgan fingerprint density at radius 1 is 0.839 bits per heavy atom. The van der Waals surface area contributed by atoms with Crippen molar-refractivity contribution in [2.75, 3.05) is 5.32 Å². The molecule has 0 spiro atoms. The molecule has 2 aromatic carbocycles. The van der Waals surface area contributed by atoms with E-state index in [-0.39, 0.29) is 11.7 Å². The van der Waals surface area contributed by atoms with E-state index >= 15 is 0 Å². The predicted octanol–water partition coefficient (Wildman–Crippen LogP) is 4.97. The van der Waals surface area contributed by atoms with E-state index in [4.69, 9.17) is 4.98 Å². The topological polar surface area (TPSA) is 84.8 Å². The van der Waals surface area contributed by atoms with Crippen LogP contribution in [-0.4, -0.2) is 26.6 Å². The first-order chi connectivity index (χ1) is 15.0. The summed E-state index contributed by atoms with van der Waals surface area (Å²) < 4.78 is 0. The van der Waals surface area contributed by atoms with Gasteiger partial charge in [0.1, 0.15) is 0 Å². The number of aryl methyl sites for hydroxylation is 1. The summed E-state index contributed by atoms with van der Waals surface area (Å²) in [4.78, 5) is 37.7. The van der Waals surface area contributed by atoms with E-state index in [2.05, 4.69) is 15.3 Å². The molecule has 6 nitrogen and oxygen atoms in total. The molecule has 0 aliphatic carbocycles. The summed E-state index contributed by atoms with van der Waals surface area (Å²) in [6, 6.07) is 18.3. The highest BCUT2D eigenvalue weighted by Gasteiger charge is 2.17. The third kappa shape index (κ3) is 4.53. The number of nitrogens with one attached hydrogen (secondary N) is 1. The summed E-state index contributed by atoms with van der Waals surface area (Å²) in [5, 5.41) is 2.86. The molecule has 2 heterocycles. The molecule has 1 amide bonds. The van der Waals surface area contributed by atoms with Crippen LogP contribution in [-0.2, 0) is 0 Å². The van der Waals surface area contributed by atoms with Gasteiger partial charge in [-0.3, -0.25) is 14.6 Å². The van der Waals surface area contributed by atoms with Gasteiger partial charge in [-0.2, -0.15) is 0 Å². The van der Waals surface area contributed by atoms with E-state index in [0.29, 0.717) is 28.3 Å². The first kappa shape index (κ1) is 20.1. The molecule has 0 saturated carbocycles. The van der Waals surface area contributed by atoms with Crippen molar-refractivity contribution in [1.29, 1.82) is 0 Å². The summed E-state index contributed by atoms with van der Waals surface area (Å²) in [7, 11) is 0. The highest BCUT2D eigenvalue weighted by atomic mass is 16.1. The van der Waals surface area contributed by atoms with Gasteiger partial charge in [0.15, 0.2) is 11.6 Å². The Balaban J connectivity index is 1.71. The monoisotopic (exact) mass is 408 g/mol. The quantitative estimate of drug-likeness (QED) is 0.471. The molecule has 152 valence electrons. The van der Waals surface area contributed by atoms with Gasteiger partial charge in [-0.25, -0.2) is 9.97 Å². The smallest absolute Gasteiger partial charge is 0.259 e. The molecule has 4 aromatic rings. The highest BCUT2D eigenvalue weighted by Crippen LogP contribution is 2.25. The molecule has 0 bridgehead atoms. The van der Waals surface area contributed by atoms with E-state index in [1.54, 1.807) is 48.8 Å². The van der Waals surface area contributed by atoms with Crippen LogP contribution in [0.15, 0.2) is 79.3 Å². The van der Waals surface area contributed by atoms with Crippen molar-refractivity contribution in [2.45, 2.75) is 13.8 Å². The summed E-state index contributed by atoms with van der Waals surface area (Å²) in [5.74, 6) is 0.171. The number of anilines is 1.